The van der Waals surface area contributed by atoms with Crippen LogP contribution in [-0.2, 0) is 18.3 Å². The number of ether oxygens (including phenoxy) is 1. The SMILES string of the molecule is CCN(C)C(=O)CCc1c(-c2ccccc2)nn(C)c1Oc1ccccc1F. The summed E-state index contributed by atoms with van der Waals surface area (Å²) in [5.74, 6) is 0.166. The molecule has 0 N–H and O–H groups in total. The van der Waals surface area contributed by atoms with Crippen molar-refractivity contribution in [2.24, 2.45) is 7.05 Å². The van der Waals surface area contributed by atoms with Gasteiger partial charge in [-0.1, -0.05) is 42.5 Å². The number of hydrogen-bond donors (Lipinski definition) is 0. The molecule has 2 aromatic carbocycles. The number of rotatable bonds is 7. The molecule has 0 fully saturated rings. The van der Waals surface area contributed by atoms with E-state index in [4.69, 9.17) is 4.74 Å². The zero-order valence-corrected chi connectivity index (χ0v) is 16.4. The summed E-state index contributed by atoms with van der Waals surface area (Å²) in [6, 6.07) is 16.0. The molecule has 0 aliphatic heterocycles. The van der Waals surface area contributed by atoms with Crippen molar-refractivity contribution >= 4 is 5.91 Å². The van der Waals surface area contributed by atoms with E-state index >= 15 is 0 Å². The van der Waals surface area contributed by atoms with Gasteiger partial charge in [-0.3, -0.25) is 4.79 Å². The second-order valence-electron chi connectivity index (χ2n) is 6.56. The number of hydrogen-bond acceptors (Lipinski definition) is 3. The highest BCUT2D eigenvalue weighted by atomic mass is 19.1. The Labute approximate surface area is 164 Å². The van der Waals surface area contributed by atoms with E-state index in [-0.39, 0.29) is 11.7 Å². The average molecular weight is 381 g/mol. The van der Waals surface area contributed by atoms with Crippen LogP contribution in [0, 0.1) is 5.82 Å². The number of carbonyl (C=O) groups excluding carboxylic acids is 1. The molecule has 6 heteroatoms. The standard InChI is InChI=1S/C22H24FN3O2/c1-4-25(2)20(27)15-14-17-21(16-10-6-5-7-11-16)24-26(3)22(17)28-19-13-9-8-12-18(19)23/h5-13H,4,14-15H2,1-3H3. The van der Waals surface area contributed by atoms with Crippen LogP contribution in [0.1, 0.15) is 18.9 Å². The van der Waals surface area contributed by atoms with Gasteiger partial charge in [-0.05, 0) is 25.5 Å². The van der Waals surface area contributed by atoms with Gasteiger partial charge in [0, 0.05) is 38.2 Å². The highest BCUT2D eigenvalue weighted by Gasteiger charge is 2.22. The minimum absolute atomic E-state index is 0.0437. The van der Waals surface area contributed by atoms with Gasteiger partial charge in [-0.25, -0.2) is 9.07 Å². The lowest BCUT2D eigenvalue weighted by atomic mass is 10.0. The summed E-state index contributed by atoms with van der Waals surface area (Å²) >= 11 is 0. The predicted molar refractivity (Wildman–Crippen MR) is 107 cm³/mol. The molecular weight excluding hydrogens is 357 g/mol. The Hall–Kier alpha value is -3.15. The molecule has 0 radical (unpaired) electrons. The van der Waals surface area contributed by atoms with Gasteiger partial charge in [0.25, 0.3) is 0 Å². The van der Waals surface area contributed by atoms with E-state index in [9.17, 15) is 9.18 Å². The Morgan fingerprint density at radius 2 is 1.82 bits per heavy atom. The quantitative estimate of drug-likeness (QED) is 0.608. The summed E-state index contributed by atoms with van der Waals surface area (Å²) in [5, 5.41) is 4.59. The topological polar surface area (TPSA) is 47.4 Å². The summed E-state index contributed by atoms with van der Waals surface area (Å²) in [6.45, 7) is 2.58. The maximum absolute atomic E-state index is 14.1. The third kappa shape index (κ3) is 4.22. The highest BCUT2D eigenvalue weighted by Crippen LogP contribution is 2.34. The molecule has 0 saturated carbocycles. The van der Waals surface area contributed by atoms with Gasteiger partial charge < -0.3 is 9.64 Å². The fourth-order valence-electron chi connectivity index (χ4n) is 2.96. The summed E-state index contributed by atoms with van der Waals surface area (Å²) in [4.78, 5) is 14.0. The molecule has 146 valence electrons. The first-order valence-corrected chi connectivity index (χ1v) is 9.29. The molecule has 0 unspecified atom stereocenters. The van der Waals surface area contributed by atoms with Gasteiger partial charge in [-0.15, -0.1) is 0 Å². The van der Waals surface area contributed by atoms with Crippen molar-refractivity contribution in [1.29, 1.82) is 0 Å². The third-order valence-electron chi connectivity index (χ3n) is 4.67. The number of aryl methyl sites for hydroxylation is 1. The van der Waals surface area contributed by atoms with Crippen molar-refractivity contribution in [1.82, 2.24) is 14.7 Å². The summed E-state index contributed by atoms with van der Waals surface area (Å²) in [6.07, 6.45) is 0.772. The molecular formula is C22H24FN3O2. The molecule has 28 heavy (non-hydrogen) atoms. The van der Waals surface area contributed by atoms with E-state index in [1.165, 1.54) is 6.07 Å². The van der Waals surface area contributed by atoms with Crippen LogP contribution in [0.2, 0.25) is 0 Å². The number of benzene rings is 2. The molecule has 0 aliphatic carbocycles. The van der Waals surface area contributed by atoms with Gasteiger partial charge in [0.05, 0.1) is 5.69 Å². The number of para-hydroxylation sites is 1. The van der Waals surface area contributed by atoms with Crippen LogP contribution in [0.15, 0.2) is 54.6 Å². The number of nitrogens with zero attached hydrogens (tertiary/aromatic N) is 3. The van der Waals surface area contributed by atoms with E-state index in [2.05, 4.69) is 5.10 Å². The van der Waals surface area contributed by atoms with Crippen LogP contribution in [0.4, 0.5) is 4.39 Å². The zero-order valence-electron chi connectivity index (χ0n) is 16.4. The molecule has 0 bridgehead atoms. The van der Waals surface area contributed by atoms with Gasteiger partial charge in [-0.2, -0.15) is 5.10 Å². The number of carbonyl (C=O) groups is 1. The van der Waals surface area contributed by atoms with Crippen molar-refractivity contribution in [3.05, 3.63) is 66.0 Å². The van der Waals surface area contributed by atoms with Crippen LogP contribution in [0.5, 0.6) is 11.6 Å². The van der Waals surface area contributed by atoms with E-state index in [0.717, 1.165) is 16.8 Å². The lowest BCUT2D eigenvalue weighted by Gasteiger charge is -2.15. The van der Waals surface area contributed by atoms with Crippen molar-refractivity contribution in [3.63, 3.8) is 0 Å². The highest BCUT2D eigenvalue weighted by molar-refractivity contribution is 5.77. The molecule has 1 heterocycles. The molecule has 5 nitrogen and oxygen atoms in total. The Bertz CT molecular complexity index is 954. The first kappa shape index (κ1) is 19.6. The molecule has 1 amide bonds. The van der Waals surface area contributed by atoms with E-state index < -0.39 is 5.82 Å². The van der Waals surface area contributed by atoms with E-state index in [1.807, 2.05) is 37.3 Å². The fraction of sp³-hybridized carbons (Fsp3) is 0.273. The monoisotopic (exact) mass is 381 g/mol. The molecule has 3 rings (SSSR count). The Balaban J connectivity index is 1.99. The molecule has 3 aromatic rings. The minimum atomic E-state index is -0.447. The smallest absolute Gasteiger partial charge is 0.222 e. The normalized spacial score (nSPS) is 10.7. The second-order valence-corrected chi connectivity index (χ2v) is 6.56. The molecule has 0 atom stereocenters. The van der Waals surface area contributed by atoms with Gasteiger partial charge in [0.15, 0.2) is 11.6 Å². The van der Waals surface area contributed by atoms with Crippen LogP contribution < -0.4 is 4.74 Å². The maximum Gasteiger partial charge on any atom is 0.222 e. The van der Waals surface area contributed by atoms with Gasteiger partial charge in [0.2, 0.25) is 11.8 Å². The first-order chi connectivity index (χ1) is 13.5. The van der Waals surface area contributed by atoms with Crippen LogP contribution in [0.25, 0.3) is 11.3 Å². The van der Waals surface area contributed by atoms with Crippen LogP contribution in [0.3, 0.4) is 0 Å². The molecule has 0 aliphatic rings. The van der Waals surface area contributed by atoms with E-state index in [1.54, 1.807) is 41.9 Å². The van der Waals surface area contributed by atoms with Crippen LogP contribution in [-0.4, -0.2) is 34.2 Å². The zero-order chi connectivity index (χ0) is 20.1. The molecule has 1 aromatic heterocycles. The molecule has 0 spiro atoms. The largest absolute Gasteiger partial charge is 0.436 e. The summed E-state index contributed by atoms with van der Waals surface area (Å²) in [5.41, 5.74) is 2.45. The number of amides is 1. The Kier molecular flexibility index (Phi) is 6.09. The van der Waals surface area contributed by atoms with Crippen molar-refractivity contribution in [3.8, 4) is 22.9 Å². The predicted octanol–water partition coefficient (Wildman–Crippen LogP) is 4.43. The second kappa shape index (κ2) is 8.69. The van der Waals surface area contributed by atoms with E-state index in [0.29, 0.717) is 25.3 Å². The minimum Gasteiger partial charge on any atom is -0.436 e. The van der Waals surface area contributed by atoms with Crippen molar-refractivity contribution in [2.75, 3.05) is 13.6 Å². The maximum atomic E-state index is 14.1. The Morgan fingerprint density at radius 1 is 1.14 bits per heavy atom. The summed E-state index contributed by atoms with van der Waals surface area (Å²) in [7, 11) is 3.53. The third-order valence-corrected chi connectivity index (χ3v) is 4.67. The van der Waals surface area contributed by atoms with Gasteiger partial charge in [0.1, 0.15) is 0 Å². The summed E-state index contributed by atoms with van der Waals surface area (Å²) < 4.78 is 21.6. The van der Waals surface area contributed by atoms with Crippen LogP contribution >= 0.6 is 0 Å². The average Bonchev–Trinajstić information content (AvgIpc) is 3.03. The molecule has 0 saturated heterocycles. The first-order valence-electron chi connectivity index (χ1n) is 9.29. The number of aromatic nitrogens is 2. The van der Waals surface area contributed by atoms with Gasteiger partial charge >= 0.3 is 0 Å². The Morgan fingerprint density at radius 3 is 2.50 bits per heavy atom. The lowest BCUT2D eigenvalue weighted by Crippen LogP contribution is -2.26. The fourth-order valence-corrected chi connectivity index (χ4v) is 2.96. The van der Waals surface area contributed by atoms with Crippen molar-refractivity contribution < 1.29 is 13.9 Å². The number of halogens is 1. The van der Waals surface area contributed by atoms with Crippen molar-refractivity contribution in [2.45, 2.75) is 19.8 Å². The lowest BCUT2D eigenvalue weighted by molar-refractivity contribution is -0.129.